The summed E-state index contributed by atoms with van der Waals surface area (Å²) in [6.45, 7) is 4.83. The summed E-state index contributed by atoms with van der Waals surface area (Å²) in [6.07, 6.45) is 0. The van der Waals surface area contributed by atoms with Gasteiger partial charge in [-0.3, -0.25) is 0 Å². The topological polar surface area (TPSA) is 4.93 Å². The smallest absolute Gasteiger partial charge is 0.206 e. The number of rotatable bonds is 3. The first-order valence-electron chi connectivity index (χ1n) is 9.88. The van der Waals surface area contributed by atoms with Gasteiger partial charge in [-0.15, -0.1) is 0 Å². The first-order chi connectivity index (χ1) is 13.7. The van der Waals surface area contributed by atoms with Gasteiger partial charge in [0.15, 0.2) is 0 Å². The summed E-state index contributed by atoms with van der Waals surface area (Å²) in [5.74, 6) is 0. The highest BCUT2D eigenvalue weighted by molar-refractivity contribution is 6.84. The summed E-state index contributed by atoms with van der Waals surface area (Å²) >= 11 is 0. The van der Waals surface area contributed by atoms with Crippen molar-refractivity contribution >= 4 is 39.4 Å². The van der Waals surface area contributed by atoms with Gasteiger partial charge >= 0.3 is 0 Å². The van der Waals surface area contributed by atoms with Crippen molar-refractivity contribution < 1.29 is 0 Å². The second kappa shape index (κ2) is 6.72. The fourth-order valence-corrected chi connectivity index (χ4v) is 4.26. The van der Waals surface area contributed by atoms with Crippen LogP contribution in [-0.4, -0.2) is 11.3 Å². The fourth-order valence-electron chi connectivity index (χ4n) is 4.26. The monoisotopic (exact) mass is 359 g/mol. The second-order valence-electron chi connectivity index (χ2n) is 7.55. The van der Waals surface area contributed by atoms with E-state index in [1.54, 1.807) is 0 Å². The highest BCUT2D eigenvalue weighted by atomic mass is 15.0. The Bertz CT molecular complexity index is 1280. The number of hydrogen-bond donors (Lipinski definition) is 0. The van der Waals surface area contributed by atoms with Crippen LogP contribution in [-0.2, 0) is 0 Å². The first kappa shape index (κ1) is 16.9. The maximum atomic E-state index is 2.42. The molecule has 0 aliphatic carbocycles. The number of aryl methyl sites for hydroxylation is 1. The molecule has 0 spiro atoms. The van der Waals surface area contributed by atoms with Gasteiger partial charge in [0.05, 0.1) is 11.0 Å². The number of para-hydroxylation sites is 2. The van der Waals surface area contributed by atoms with E-state index in [0.29, 0.717) is 6.71 Å². The van der Waals surface area contributed by atoms with Crippen molar-refractivity contribution in [2.75, 3.05) is 0 Å². The Balaban J connectivity index is 1.80. The number of nitrogens with zero attached hydrogens (tertiary/aromatic N) is 1. The van der Waals surface area contributed by atoms with Crippen LogP contribution in [0.4, 0.5) is 0 Å². The summed E-state index contributed by atoms with van der Waals surface area (Å²) in [4.78, 5) is 0. The minimum absolute atomic E-state index is 0.355. The zero-order valence-corrected chi connectivity index (χ0v) is 16.3. The Morgan fingerprint density at radius 1 is 0.607 bits per heavy atom. The second-order valence-corrected chi connectivity index (χ2v) is 7.55. The van der Waals surface area contributed by atoms with Crippen LogP contribution in [0.5, 0.6) is 0 Å². The van der Waals surface area contributed by atoms with Crippen molar-refractivity contribution in [3.63, 3.8) is 0 Å². The van der Waals surface area contributed by atoms with E-state index in [1.807, 2.05) is 0 Å². The Labute approximate surface area is 166 Å². The quantitative estimate of drug-likeness (QED) is 0.384. The third-order valence-electron chi connectivity index (χ3n) is 5.85. The van der Waals surface area contributed by atoms with Crippen molar-refractivity contribution in [2.24, 2.45) is 0 Å². The normalized spacial score (nSPS) is 11.2. The summed E-state index contributed by atoms with van der Waals surface area (Å²) < 4.78 is 2.42. The summed E-state index contributed by atoms with van der Waals surface area (Å²) in [5, 5.41) is 2.61. The molecule has 28 heavy (non-hydrogen) atoms. The molecule has 0 bridgehead atoms. The molecule has 0 aliphatic heterocycles. The van der Waals surface area contributed by atoms with E-state index in [0.717, 1.165) is 0 Å². The Hall–Kier alpha value is -3.26. The third kappa shape index (κ3) is 2.65. The van der Waals surface area contributed by atoms with E-state index in [2.05, 4.69) is 115 Å². The minimum Gasteiger partial charge on any atom is -0.309 e. The number of benzene rings is 4. The van der Waals surface area contributed by atoms with Crippen LogP contribution in [0.2, 0.25) is 6.82 Å². The van der Waals surface area contributed by atoms with Crippen LogP contribution < -0.4 is 10.9 Å². The standard InChI is InChI=1S/C26H22BN/c1-19-10-6-8-14-24(19)28-25-15-9-7-13-22(25)23-17-16-21(18-26(23)28)27(2)20-11-4-3-5-12-20/h3-18H,1-2H3. The minimum atomic E-state index is 0.355. The molecule has 134 valence electrons. The molecule has 0 amide bonds. The Morgan fingerprint density at radius 3 is 2.11 bits per heavy atom. The van der Waals surface area contributed by atoms with E-state index >= 15 is 0 Å². The first-order valence-corrected chi connectivity index (χ1v) is 9.88. The molecule has 0 fully saturated rings. The molecule has 2 heteroatoms. The van der Waals surface area contributed by atoms with Crippen molar-refractivity contribution in [3.8, 4) is 5.69 Å². The third-order valence-corrected chi connectivity index (χ3v) is 5.85. The maximum Gasteiger partial charge on any atom is 0.206 e. The van der Waals surface area contributed by atoms with E-state index < -0.39 is 0 Å². The molecule has 5 rings (SSSR count). The highest BCUT2D eigenvalue weighted by Crippen LogP contribution is 2.32. The van der Waals surface area contributed by atoms with E-state index in [-0.39, 0.29) is 0 Å². The largest absolute Gasteiger partial charge is 0.309 e. The number of hydrogen-bond acceptors (Lipinski definition) is 0. The average molecular weight is 359 g/mol. The predicted molar refractivity (Wildman–Crippen MR) is 123 cm³/mol. The zero-order chi connectivity index (χ0) is 19.1. The van der Waals surface area contributed by atoms with Crippen LogP contribution in [0.15, 0.2) is 97.1 Å². The van der Waals surface area contributed by atoms with Crippen LogP contribution in [0, 0.1) is 6.92 Å². The molecule has 4 aromatic carbocycles. The van der Waals surface area contributed by atoms with Crippen LogP contribution in [0.3, 0.4) is 0 Å². The molecule has 0 aliphatic rings. The summed E-state index contributed by atoms with van der Waals surface area (Å²) in [7, 11) is 0. The van der Waals surface area contributed by atoms with Gasteiger partial charge in [-0.1, -0.05) is 96.6 Å². The molecule has 0 atom stereocenters. The average Bonchev–Trinajstić information content (AvgIpc) is 3.08. The van der Waals surface area contributed by atoms with Gasteiger partial charge in [0.25, 0.3) is 0 Å². The SMILES string of the molecule is CB(c1ccccc1)c1ccc2c3ccccc3n(-c3ccccc3C)c2c1. The lowest BCUT2D eigenvalue weighted by atomic mass is 9.42. The number of fused-ring (bicyclic) bond motifs is 3. The van der Waals surface area contributed by atoms with Crippen molar-refractivity contribution in [2.45, 2.75) is 13.7 Å². The molecule has 1 heterocycles. The summed E-state index contributed by atoms with van der Waals surface area (Å²) in [6, 6.07) is 35.0. The molecular weight excluding hydrogens is 337 g/mol. The van der Waals surface area contributed by atoms with E-state index in [9.17, 15) is 0 Å². The molecule has 0 N–H and O–H groups in total. The predicted octanol–water partition coefficient (Wildman–Crippen LogP) is 5.33. The van der Waals surface area contributed by atoms with Crippen molar-refractivity contribution in [1.82, 2.24) is 4.57 Å². The fraction of sp³-hybridized carbons (Fsp3) is 0.0769. The zero-order valence-electron chi connectivity index (χ0n) is 16.3. The van der Waals surface area contributed by atoms with Crippen molar-refractivity contribution in [3.05, 3.63) is 103 Å². The maximum absolute atomic E-state index is 2.42. The van der Waals surface area contributed by atoms with Gasteiger partial charge in [0.1, 0.15) is 0 Å². The lowest BCUT2D eigenvalue weighted by Crippen LogP contribution is -2.38. The van der Waals surface area contributed by atoms with E-state index in [1.165, 1.54) is 44.0 Å². The lowest BCUT2D eigenvalue weighted by Gasteiger charge is -2.13. The summed E-state index contributed by atoms with van der Waals surface area (Å²) in [5.41, 5.74) is 7.76. The molecule has 0 radical (unpaired) electrons. The molecular formula is C26H22BN. The Morgan fingerprint density at radius 2 is 1.29 bits per heavy atom. The van der Waals surface area contributed by atoms with Crippen LogP contribution >= 0.6 is 0 Å². The van der Waals surface area contributed by atoms with Crippen molar-refractivity contribution in [1.29, 1.82) is 0 Å². The Kier molecular flexibility index (Phi) is 4.05. The molecule has 1 aromatic heterocycles. The van der Waals surface area contributed by atoms with Crippen LogP contribution in [0.25, 0.3) is 27.5 Å². The van der Waals surface area contributed by atoms with Gasteiger partial charge in [0.2, 0.25) is 6.71 Å². The molecule has 0 unspecified atom stereocenters. The van der Waals surface area contributed by atoms with Gasteiger partial charge in [-0.2, -0.15) is 0 Å². The van der Waals surface area contributed by atoms with Gasteiger partial charge in [0, 0.05) is 16.5 Å². The number of aromatic nitrogens is 1. The van der Waals surface area contributed by atoms with Gasteiger partial charge < -0.3 is 4.57 Å². The molecule has 0 saturated heterocycles. The lowest BCUT2D eigenvalue weighted by molar-refractivity contribution is 1.15. The van der Waals surface area contributed by atoms with Gasteiger partial charge in [-0.05, 0) is 30.7 Å². The molecule has 0 saturated carbocycles. The molecule has 5 aromatic rings. The van der Waals surface area contributed by atoms with Gasteiger partial charge in [-0.25, -0.2) is 0 Å². The molecule has 1 nitrogen and oxygen atoms in total. The van der Waals surface area contributed by atoms with Crippen LogP contribution in [0.1, 0.15) is 5.56 Å². The van der Waals surface area contributed by atoms with E-state index in [4.69, 9.17) is 0 Å². The highest BCUT2D eigenvalue weighted by Gasteiger charge is 2.17.